The Morgan fingerprint density at radius 1 is 0.347 bits per heavy atom. The van der Waals surface area contributed by atoms with Gasteiger partial charge in [-0.05, 0) is 18.2 Å². The number of nitrogens with one attached hydrogen (secondary N) is 2. The monoisotopic (exact) mass is 2300 g/mol. The van der Waals surface area contributed by atoms with Crippen LogP contribution in [0.1, 0.15) is 31.1 Å². The summed E-state index contributed by atoms with van der Waals surface area (Å²) in [5.41, 5.74) is 1.22. The Morgan fingerprint density at radius 3 is 0.903 bits per heavy atom. The molecule has 26 atom stereocenters. The van der Waals surface area contributed by atoms with Gasteiger partial charge in [0.05, 0.1) is 106 Å². The lowest BCUT2D eigenvalue weighted by Crippen LogP contribution is -2.45. The van der Waals surface area contributed by atoms with Crippen molar-refractivity contribution in [1.82, 2.24) is 67.2 Å². The Bertz CT molecular complexity index is 6900. The number of aryl methyl sites for hydroxylation is 3. The normalized spacial score (nSPS) is 27.9. The van der Waals surface area contributed by atoms with E-state index in [0.29, 0.717) is 41.6 Å². The van der Waals surface area contributed by atoms with Gasteiger partial charge < -0.3 is 239 Å². The molecule has 804 valence electrons. The van der Waals surface area contributed by atoms with Crippen molar-refractivity contribution in [1.29, 1.82) is 10.8 Å². The van der Waals surface area contributed by atoms with Crippen LogP contribution in [0.25, 0.3) is 55.8 Å². The highest BCUT2D eigenvalue weighted by atomic mass is 32.1. The zero-order chi connectivity index (χ0) is 107. The summed E-state index contributed by atoms with van der Waals surface area (Å²) in [7, 11) is -59.9. The van der Waals surface area contributed by atoms with Crippen molar-refractivity contribution in [3.8, 4) is 5.75 Å². The maximum Gasteiger partial charge on any atom is 0.303 e. The van der Waals surface area contributed by atoms with Gasteiger partial charge in [-0.15, -0.1) is 24.7 Å². The quantitative estimate of drug-likeness (QED) is 0.00806. The summed E-state index contributed by atoms with van der Waals surface area (Å²) in [4.78, 5) is 201. The lowest BCUT2D eigenvalue weighted by Gasteiger charge is -2.37. The first-order valence-electron chi connectivity index (χ1n) is 38.2. The third kappa shape index (κ3) is 29.1. The second kappa shape index (κ2) is 45.0. The molecular weight excluding hydrogens is 2240 g/mol. The standard InChI is InChI=1S/C12H18N3O14P3.C12H18N3O13P3S.C12H16N3O7PS.C10H16N5O14P3.C10H14N5O8P/c1-14-5-15(11-8(14)6(16)2-3-13-11)12-10(18)9(17)7(27-12)4-26-31(22,23)29-32(24,25)28-30(19,20)21;1-14-5-15(11-8(14)7(32)2-3-13-11)12-10(17)9(16)6(26-12)4-25-30(21,22)28-31(23,24)27-29(18,19)20;1-14-5-15(11-8(14)7(24)2-3-13-11)12-10(17)9(16)6(22-12)4-21-23(18,19)20;11-8-5-9(13-3-15(8)18)14(2-12-5)10-7(17)6(16)4(27-10)1-26-31(22,23)29-32(24,25)28-30(19,20)21;11-8-5-9(13-3-15(8)18)14(2-12-5)10-7(17)6(16)4(23-10)1-22-24(19,20)21/h2-3,5,7,9-10,12,17-18H,4H2,1H3,(H4-,13,16,19,20,21,22,23,24,25);2-3,5-6,9-10,12,16-17H,4H2,1H3,(H4-,13,18,19,20,21,22,23,24,32);2-3,5-6,9-10,12,16-17H,4H2,1H3,(H2-,13,18,19,20,24);2-4,6-7,10-11,16-18H,1H2,(H,22,23)(H,24,25)(H2,19,20,21);2-4,6-7,10-11,16-18H,1H2,(H2,19,20,21)/p-16. The van der Waals surface area contributed by atoms with Crippen LogP contribution in [0, 0.1) is 10.8 Å². The molecule has 26 unspecified atom stereocenters. The largest absolute Gasteiger partial charge is 0.870 e. The number of aromatic nitrogens is 17. The summed E-state index contributed by atoms with van der Waals surface area (Å²) >= 11 is 10.5. The second-order valence-corrected chi connectivity index (χ2v) is 45.4. The van der Waals surface area contributed by atoms with Gasteiger partial charge in [0.1, 0.15) is 123 Å². The average molecular weight is 2310 g/mol. The summed E-state index contributed by atoms with van der Waals surface area (Å²) in [5.74, 6) is -0.390. The average Bonchev–Trinajstić information content (AvgIpc) is 1.61. The number of pyridine rings is 3. The molecule has 5 aliphatic rings. The van der Waals surface area contributed by atoms with Crippen molar-refractivity contribution in [2.24, 2.45) is 21.1 Å². The molecule has 144 heavy (non-hydrogen) atoms. The maximum atomic E-state index is 12.0. The van der Waals surface area contributed by atoms with Crippen molar-refractivity contribution in [3.05, 3.63) is 92.1 Å². The van der Waals surface area contributed by atoms with Crippen molar-refractivity contribution in [3.63, 3.8) is 0 Å². The van der Waals surface area contributed by atoms with E-state index >= 15 is 0 Å². The van der Waals surface area contributed by atoms with Crippen LogP contribution >= 0.6 is 86.0 Å². The predicted octanol–water partition coefficient (Wildman–Crippen LogP) is -19.4. The van der Waals surface area contributed by atoms with Crippen molar-refractivity contribution < 1.29 is 281 Å². The highest BCUT2D eigenvalue weighted by molar-refractivity contribution is 7.66. The molecule has 15 rings (SSSR count). The molecular formula is C56H66N19O56P11S2-16. The summed E-state index contributed by atoms with van der Waals surface area (Å²) in [5, 5.41) is 148. The first-order valence-corrected chi connectivity index (χ1v) is 55.0. The van der Waals surface area contributed by atoms with E-state index in [1.54, 1.807) is 41.7 Å². The van der Waals surface area contributed by atoms with Crippen LogP contribution in [-0.2, 0) is 169 Å². The van der Waals surface area contributed by atoms with Crippen LogP contribution in [0.3, 0.4) is 0 Å². The molecule has 15 heterocycles. The fraction of sp³-hybridized carbons (Fsp3) is 0.500. The number of nitrogens with zero attached hydrogens (tertiary/aromatic N) is 17. The van der Waals surface area contributed by atoms with Crippen LogP contribution < -0.4 is 108 Å². The van der Waals surface area contributed by atoms with Gasteiger partial charge in [-0.1, -0.05) is 5.75 Å². The molecule has 5 aliphatic heterocycles. The van der Waals surface area contributed by atoms with Gasteiger partial charge >= 0.3 is 16.9 Å². The number of phosphoric acid groups is 11. The molecule has 75 nitrogen and oxygen atoms in total. The third-order valence-corrected chi connectivity index (χ3v) is 32.1. The smallest absolute Gasteiger partial charge is 0.303 e. The molecule has 0 bridgehead atoms. The molecule has 0 saturated carbocycles. The van der Waals surface area contributed by atoms with Crippen LogP contribution in [0.2, 0.25) is 0 Å². The fourth-order valence-corrected chi connectivity index (χ4v) is 23.5. The Labute approximate surface area is 807 Å². The minimum atomic E-state index is -6.16. The lowest BCUT2D eigenvalue weighted by molar-refractivity contribution is -0.746. The van der Waals surface area contributed by atoms with Gasteiger partial charge in [-0.2, -0.15) is 9.46 Å². The van der Waals surface area contributed by atoms with E-state index in [0.717, 1.165) is 23.5 Å². The maximum absolute atomic E-state index is 12.0. The molecule has 0 amide bonds. The number of aliphatic hydroxyl groups excluding tert-OH is 10. The first-order chi connectivity index (χ1) is 66.2. The molecule has 0 radical (unpaired) electrons. The van der Waals surface area contributed by atoms with E-state index in [1.165, 1.54) is 73.5 Å². The van der Waals surface area contributed by atoms with Gasteiger partial charge in [-0.3, -0.25) is 74.0 Å². The van der Waals surface area contributed by atoms with Gasteiger partial charge in [0, 0.05) is 0 Å². The number of rotatable bonds is 32. The number of hydrogen-bond acceptors (Lipinski definition) is 67. The van der Waals surface area contributed by atoms with Gasteiger partial charge in [0.25, 0.3) is 46.9 Å². The van der Waals surface area contributed by atoms with Gasteiger partial charge in [-0.25, -0.2) is 46.6 Å². The fourth-order valence-electron chi connectivity index (χ4n) is 13.7. The van der Waals surface area contributed by atoms with E-state index in [2.05, 4.69) is 83.4 Å². The van der Waals surface area contributed by atoms with E-state index in [4.69, 9.17) is 59.8 Å². The Morgan fingerprint density at radius 2 is 0.611 bits per heavy atom. The van der Waals surface area contributed by atoms with E-state index in [-0.39, 0.29) is 39.0 Å². The van der Waals surface area contributed by atoms with Crippen molar-refractivity contribution in [2.45, 2.75) is 132 Å². The van der Waals surface area contributed by atoms with Crippen molar-refractivity contribution >= 4 is 167 Å². The number of ether oxygens (including phenoxy) is 5. The SMILES string of the molecule is Cn1c[n+](C2OC(COP(=O)([O-])OP(=O)([O-])OP(=O)([O-])[O-])C(O)C2O)c2nccc([O-])c21.Cn1c[n+](C2OC(COP(=O)([O-])OP(=O)([O-])OP(=O)([O-])[O-])C(O)C2O)c2nccc([S-])c21.Cn1c[n+](C2OC(COP(=O)([O-])[O-])C(O)C2O)c2nccc([S-])c21.N=c1c2ncn(C3OC(COP(=O)([O-])OP(=O)([O-])OP(=O)([O-])[O-])C(O)C3O)c2ncn1O.N=c1c2ncn(C3OC(COP(=O)([O-])[O-])C(O)C3O)c2ncn1O. The highest BCUT2D eigenvalue weighted by Crippen LogP contribution is 2.63. The van der Waals surface area contributed by atoms with E-state index < -0.39 is 253 Å². The zero-order valence-electron chi connectivity index (χ0n) is 70.8. The zero-order valence-corrected chi connectivity index (χ0v) is 82.2. The van der Waals surface area contributed by atoms with E-state index in [9.17, 15) is 195 Å². The summed E-state index contributed by atoms with van der Waals surface area (Å²) < 4.78 is 199. The molecule has 10 aromatic rings. The molecule has 88 heteroatoms. The summed E-state index contributed by atoms with van der Waals surface area (Å²) in [6.07, 6.45) is -17.0. The van der Waals surface area contributed by atoms with Crippen LogP contribution in [-0.4, -0.2) is 253 Å². The molecule has 5 fully saturated rings. The van der Waals surface area contributed by atoms with E-state index in [1.807, 2.05) is 0 Å². The van der Waals surface area contributed by atoms with Gasteiger partial charge in [0.2, 0.25) is 18.7 Å². The van der Waals surface area contributed by atoms with Crippen LogP contribution in [0.15, 0.2) is 90.9 Å². The predicted molar refractivity (Wildman–Crippen MR) is 410 cm³/mol. The Balaban J connectivity index is 0.000000172. The van der Waals surface area contributed by atoms with Crippen molar-refractivity contribution in [2.75, 3.05) is 33.0 Å². The third-order valence-electron chi connectivity index (χ3n) is 19.6. The van der Waals surface area contributed by atoms with Gasteiger partial charge in [0.15, 0.2) is 81.3 Å². The minimum absolute atomic E-state index is 0.00797. The minimum Gasteiger partial charge on any atom is -0.870 e. The number of phosphoric ester groups is 5. The highest BCUT2D eigenvalue weighted by Gasteiger charge is 2.52. The molecule has 10 aromatic heterocycles. The molecule has 5 saturated heterocycles. The number of fused-ring (bicyclic) bond motifs is 5. The first kappa shape index (κ1) is 118. The second-order valence-electron chi connectivity index (χ2n) is 29.5. The Kier molecular flexibility index (Phi) is 36.8. The molecule has 0 spiro atoms. The molecule has 0 aliphatic carbocycles. The topological polar surface area (TPSA) is 1150 Å². The molecule has 14 N–H and O–H groups in total. The lowest BCUT2D eigenvalue weighted by atomic mass is 10.1. The number of hydrogen-bond donors (Lipinski definition) is 14. The van der Waals surface area contributed by atoms with Crippen LogP contribution in [0.4, 0.5) is 0 Å². The molecule has 0 aromatic carbocycles. The van der Waals surface area contributed by atoms with Crippen LogP contribution in [0.5, 0.6) is 5.75 Å². The number of imidazole rings is 5. The summed E-state index contributed by atoms with van der Waals surface area (Å²) in [6.45, 7) is -4.72. The number of aliphatic hydroxyl groups is 10. The Hall–Kier alpha value is -6.75. The summed E-state index contributed by atoms with van der Waals surface area (Å²) in [6, 6.07) is 4.43.